The molecule has 1 saturated heterocycles. The van der Waals surface area contributed by atoms with E-state index >= 15 is 0 Å². The second kappa shape index (κ2) is 8.02. The van der Waals surface area contributed by atoms with Gasteiger partial charge in [0.1, 0.15) is 24.4 Å². The molecular weight excluding hydrogens is 358 g/mol. The van der Waals surface area contributed by atoms with Gasteiger partial charge in [-0.1, -0.05) is 11.6 Å². The van der Waals surface area contributed by atoms with E-state index in [-0.39, 0.29) is 28.5 Å². The highest BCUT2D eigenvalue weighted by molar-refractivity contribution is 6.34. The van der Waals surface area contributed by atoms with Gasteiger partial charge in [0.05, 0.1) is 16.8 Å². The van der Waals surface area contributed by atoms with Gasteiger partial charge >= 0.3 is 5.97 Å². The number of esters is 1. The van der Waals surface area contributed by atoms with Crippen LogP contribution in [-0.4, -0.2) is 49.3 Å². The average Bonchev–Trinajstić information content (AvgIpc) is 2.64. The van der Waals surface area contributed by atoms with Gasteiger partial charge in [0.2, 0.25) is 0 Å². The van der Waals surface area contributed by atoms with Gasteiger partial charge in [0.25, 0.3) is 0 Å². The second-order valence-corrected chi connectivity index (χ2v) is 6.98. The lowest BCUT2D eigenvalue weighted by Crippen LogP contribution is -2.38. The van der Waals surface area contributed by atoms with E-state index in [2.05, 4.69) is 11.0 Å². The summed E-state index contributed by atoms with van der Waals surface area (Å²) >= 11 is 6.15. The van der Waals surface area contributed by atoms with Gasteiger partial charge in [-0.3, -0.25) is 0 Å². The third-order valence-corrected chi connectivity index (χ3v) is 4.89. The SMILES string of the molecule is CC1COc2c(C(=O)OC3CCN(CCC#N)CC3)cc(Cl)c(N)c2O1. The first kappa shape index (κ1) is 18.6. The lowest BCUT2D eigenvalue weighted by molar-refractivity contribution is 0.0106. The number of nitrogens with zero attached hydrogens (tertiary/aromatic N) is 2. The van der Waals surface area contributed by atoms with Crippen LogP contribution in [0.3, 0.4) is 0 Å². The molecule has 26 heavy (non-hydrogen) atoms. The fraction of sp³-hybridized carbons (Fsp3) is 0.556. The first-order valence-corrected chi connectivity index (χ1v) is 9.09. The Hall–Kier alpha value is -2.17. The fourth-order valence-corrected chi connectivity index (χ4v) is 3.34. The summed E-state index contributed by atoms with van der Waals surface area (Å²) in [5, 5.41) is 8.90. The zero-order chi connectivity index (χ0) is 18.7. The highest BCUT2D eigenvalue weighted by Gasteiger charge is 2.30. The van der Waals surface area contributed by atoms with Crippen molar-refractivity contribution in [1.82, 2.24) is 4.90 Å². The largest absolute Gasteiger partial charge is 0.485 e. The minimum absolute atomic E-state index is 0.170. The van der Waals surface area contributed by atoms with Crippen molar-refractivity contribution in [2.45, 2.75) is 38.4 Å². The zero-order valence-electron chi connectivity index (χ0n) is 14.7. The molecule has 2 aliphatic rings. The minimum Gasteiger partial charge on any atom is -0.485 e. The van der Waals surface area contributed by atoms with Crippen LogP contribution in [0.4, 0.5) is 5.69 Å². The molecule has 0 aromatic heterocycles. The number of nitrogen functional groups attached to an aromatic ring is 1. The number of piperidine rings is 1. The Morgan fingerprint density at radius 2 is 2.19 bits per heavy atom. The van der Waals surface area contributed by atoms with E-state index in [1.54, 1.807) is 0 Å². The van der Waals surface area contributed by atoms with Crippen LogP contribution in [0, 0.1) is 11.3 Å². The molecule has 8 heteroatoms. The third kappa shape index (κ3) is 3.97. The van der Waals surface area contributed by atoms with Crippen molar-refractivity contribution < 1.29 is 19.0 Å². The van der Waals surface area contributed by atoms with Crippen LogP contribution in [-0.2, 0) is 4.74 Å². The first-order chi connectivity index (χ1) is 12.5. The molecule has 0 spiro atoms. The number of rotatable bonds is 4. The number of nitriles is 1. The van der Waals surface area contributed by atoms with Gasteiger partial charge in [-0.25, -0.2) is 4.79 Å². The van der Waals surface area contributed by atoms with E-state index in [9.17, 15) is 4.79 Å². The second-order valence-electron chi connectivity index (χ2n) is 6.57. The molecule has 0 aliphatic carbocycles. The summed E-state index contributed by atoms with van der Waals surface area (Å²) in [5.41, 5.74) is 6.45. The highest BCUT2D eigenvalue weighted by atomic mass is 35.5. The van der Waals surface area contributed by atoms with E-state index in [0.717, 1.165) is 32.5 Å². The number of nitrogens with two attached hydrogens (primary N) is 1. The Morgan fingerprint density at radius 1 is 1.46 bits per heavy atom. The fourth-order valence-electron chi connectivity index (χ4n) is 3.14. The van der Waals surface area contributed by atoms with Crippen molar-refractivity contribution in [3.63, 3.8) is 0 Å². The Bertz CT molecular complexity index is 726. The van der Waals surface area contributed by atoms with Crippen LogP contribution in [0.2, 0.25) is 5.02 Å². The summed E-state index contributed by atoms with van der Waals surface area (Å²) in [4.78, 5) is 14.9. The number of ether oxygens (including phenoxy) is 3. The van der Waals surface area contributed by atoms with Crippen molar-refractivity contribution >= 4 is 23.3 Å². The quantitative estimate of drug-likeness (QED) is 0.634. The lowest BCUT2D eigenvalue weighted by Gasteiger charge is -2.31. The van der Waals surface area contributed by atoms with Crippen molar-refractivity contribution in [2.75, 3.05) is 32.0 Å². The number of halogens is 1. The lowest BCUT2D eigenvalue weighted by atomic mass is 10.1. The molecule has 2 heterocycles. The van der Waals surface area contributed by atoms with Crippen molar-refractivity contribution in [3.05, 3.63) is 16.7 Å². The number of carbonyl (C=O) groups is 1. The van der Waals surface area contributed by atoms with E-state index in [1.165, 1.54) is 6.07 Å². The van der Waals surface area contributed by atoms with Crippen LogP contribution in [0.15, 0.2) is 6.07 Å². The predicted octanol–water partition coefficient (Wildman–Crippen LogP) is 2.62. The number of likely N-dealkylation sites (tertiary alicyclic amines) is 1. The van der Waals surface area contributed by atoms with Gasteiger partial charge in [0, 0.05) is 26.1 Å². The van der Waals surface area contributed by atoms with Crippen molar-refractivity contribution in [3.8, 4) is 17.6 Å². The van der Waals surface area contributed by atoms with Crippen LogP contribution in [0.1, 0.15) is 36.5 Å². The molecule has 140 valence electrons. The van der Waals surface area contributed by atoms with Gasteiger partial charge in [0.15, 0.2) is 11.5 Å². The number of carbonyl (C=O) groups excluding carboxylic acids is 1. The van der Waals surface area contributed by atoms with E-state index in [0.29, 0.717) is 24.5 Å². The van der Waals surface area contributed by atoms with E-state index in [4.69, 9.17) is 36.8 Å². The molecule has 7 nitrogen and oxygen atoms in total. The standard InChI is InChI=1S/C18H22ClN3O4/c1-11-10-24-16-13(9-14(19)15(21)17(16)25-11)18(23)26-12-3-7-22(8-4-12)6-2-5-20/h9,11-12H,2-4,6-8,10,21H2,1H3. The Morgan fingerprint density at radius 3 is 2.88 bits per heavy atom. The topological polar surface area (TPSA) is 97.8 Å². The number of hydrogen-bond acceptors (Lipinski definition) is 7. The molecule has 1 unspecified atom stereocenters. The molecule has 0 radical (unpaired) electrons. The van der Waals surface area contributed by atoms with Gasteiger partial charge < -0.3 is 24.8 Å². The van der Waals surface area contributed by atoms with Crippen LogP contribution in [0.25, 0.3) is 0 Å². The molecule has 0 saturated carbocycles. The van der Waals surface area contributed by atoms with Crippen molar-refractivity contribution in [2.24, 2.45) is 0 Å². The molecule has 0 bridgehead atoms. The maximum Gasteiger partial charge on any atom is 0.342 e. The Balaban J connectivity index is 1.69. The molecular formula is C18H22ClN3O4. The molecule has 1 aromatic rings. The average molecular weight is 380 g/mol. The molecule has 2 N–H and O–H groups in total. The summed E-state index contributed by atoms with van der Waals surface area (Å²) < 4.78 is 17.0. The van der Waals surface area contributed by atoms with Gasteiger partial charge in [-0.05, 0) is 25.8 Å². The van der Waals surface area contributed by atoms with Gasteiger partial charge in [-0.2, -0.15) is 5.26 Å². The molecule has 1 aromatic carbocycles. The molecule has 1 fully saturated rings. The summed E-state index contributed by atoms with van der Waals surface area (Å²) in [7, 11) is 0. The molecule has 1 atom stereocenters. The smallest absolute Gasteiger partial charge is 0.342 e. The zero-order valence-corrected chi connectivity index (χ0v) is 15.4. The number of anilines is 1. The van der Waals surface area contributed by atoms with Crippen LogP contribution >= 0.6 is 11.6 Å². The molecule has 3 rings (SSSR count). The third-order valence-electron chi connectivity index (χ3n) is 4.57. The maximum atomic E-state index is 12.7. The molecule has 0 amide bonds. The minimum atomic E-state index is -0.489. The van der Waals surface area contributed by atoms with Crippen LogP contribution < -0.4 is 15.2 Å². The number of hydrogen-bond donors (Lipinski definition) is 1. The highest BCUT2D eigenvalue weighted by Crippen LogP contribution is 2.44. The first-order valence-electron chi connectivity index (χ1n) is 8.71. The Labute approximate surface area is 157 Å². The Kier molecular flexibility index (Phi) is 5.74. The van der Waals surface area contributed by atoms with Crippen LogP contribution in [0.5, 0.6) is 11.5 Å². The maximum absolute atomic E-state index is 12.7. The summed E-state index contributed by atoms with van der Waals surface area (Å²) in [6, 6.07) is 3.62. The summed E-state index contributed by atoms with van der Waals surface area (Å²) in [5.74, 6) is 0.104. The van der Waals surface area contributed by atoms with E-state index in [1.807, 2.05) is 6.92 Å². The number of fused-ring (bicyclic) bond motifs is 1. The summed E-state index contributed by atoms with van der Waals surface area (Å²) in [6.07, 6.45) is 1.63. The van der Waals surface area contributed by atoms with Crippen molar-refractivity contribution in [1.29, 1.82) is 5.26 Å². The number of benzene rings is 1. The predicted molar refractivity (Wildman–Crippen MR) is 96.6 cm³/mol. The monoisotopic (exact) mass is 379 g/mol. The van der Waals surface area contributed by atoms with Gasteiger partial charge in [-0.15, -0.1) is 0 Å². The molecule has 2 aliphatic heterocycles. The summed E-state index contributed by atoms with van der Waals surface area (Å²) in [6.45, 7) is 4.53. The normalized spacial score (nSPS) is 20.4. The van der Waals surface area contributed by atoms with E-state index < -0.39 is 5.97 Å².